The van der Waals surface area contributed by atoms with Crippen LogP contribution in [0.2, 0.25) is 0 Å². The second-order valence-corrected chi connectivity index (χ2v) is 3.75. The Balaban J connectivity index is 1.84. The third kappa shape index (κ3) is 3.30. The summed E-state index contributed by atoms with van der Waals surface area (Å²) in [7, 11) is 0. The van der Waals surface area contributed by atoms with Gasteiger partial charge < -0.3 is 20.8 Å². The molecule has 1 heterocycles. The van der Waals surface area contributed by atoms with Crippen LogP contribution >= 0.6 is 0 Å². The van der Waals surface area contributed by atoms with Gasteiger partial charge in [-0.2, -0.15) is 0 Å². The molecule has 0 aliphatic carbocycles. The molecule has 7 heteroatoms. The van der Waals surface area contributed by atoms with Crippen LogP contribution in [0.25, 0.3) is 11.0 Å². The molecule has 0 aliphatic heterocycles. The molecular weight excluding hydrogens is 242 g/mol. The average molecular weight is 256 g/mol. The average Bonchev–Trinajstić information content (AvgIpc) is 2.70. The van der Waals surface area contributed by atoms with E-state index in [4.69, 9.17) is 10.5 Å². The van der Waals surface area contributed by atoms with E-state index in [0.29, 0.717) is 18.2 Å². The largest absolute Gasteiger partial charge is 0.399 e. The molecule has 0 aliphatic rings. The molecule has 0 saturated heterocycles. The first kappa shape index (κ1) is 12.6. The fourth-order valence-corrected chi connectivity index (χ4v) is 1.52. The lowest BCUT2D eigenvalue weighted by Gasteiger charge is -2.03. The predicted molar refractivity (Wildman–Crippen MR) is 65.8 cm³/mol. The lowest BCUT2D eigenvalue weighted by molar-refractivity contribution is 0.0214. The smallest absolute Gasteiger partial charge is 0.261 e. The Bertz CT molecular complexity index is 515. The molecule has 0 bridgehead atoms. The maximum atomic E-state index is 11.8. The fourth-order valence-electron chi connectivity index (χ4n) is 1.52. The summed E-state index contributed by atoms with van der Waals surface area (Å²) in [5.74, 6) is 0.566. The molecule has 2 rings (SSSR count). The fraction of sp³-hybridized carbons (Fsp3) is 0.364. The van der Waals surface area contributed by atoms with E-state index in [1.165, 1.54) is 0 Å². The quantitative estimate of drug-likeness (QED) is 0.544. The molecule has 4 N–H and O–H groups in total. The standard InChI is InChI=1S/C11H14F2N4O/c12-10(13)6-18-4-3-15-11-16-8-2-1-7(14)5-9(8)17-11/h1-2,5,10H,3-4,6,14H2,(H2,15,16,17). The van der Waals surface area contributed by atoms with Crippen LogP contribution in [0, 0.1) is 0 Å². The summed E-state index contributed by atoms with van der Waals surface area (Å²) in [6.07, 6.45) is -2.43. The van der Waals surface area contributed by atoms with Crippen molar-refractivity contribution in [2.24, 2.45) is 0 Å². The van der Waals surface area contributed by atoms with Crippen molar-refractivity contribution in [2.75, 3.05) is 30.8 Å². The number of halogens is 2. The van der Waals surface area contributed by atoms with Crippen molar-refractivity contribution in [3.8, 4) is 0 Å². The molecule has 1 aromatic carbocycles. The first-order valence-corrected chi connectivity index (χ1v) is 5.50. The van der Waals surface area contributed by atoms with Crippen molar-refractivity contribution in [1.29, 1.82) is 0 Å². The van der Waals surface area contributed by atoms with Crippen LogP contribution in [0.1, 0.15) is 0 Å². The highest BCUT2D eigenvalue weighted by Crippen LogP contribution is 2.16. The Morgan fingerprint density at radius 2 is 2.28 bits per heavy atom. The van der Waals surface area contributed by atoms with E-state index in [9.17, 15) is 8.78 Å². The van der Waals surface area contributed by atoms with Crippen LogP contribution in [0.5, 0.6) is 0 Å². The van der Waals surface area contributed by atoms with Gasteiger partial charge >= 0.3 is 0 Å². The Kier molecular flexibility index (Phi) is 3.93. The number of ether oxygens (including phenoxy) is 1. The Morgan fingerprint density at radius 1 is 1.44 bits per heavy atom. The minimum atomic E-state index is -2.43. The summed E-state index contributed by atoms with van der Waals surface area (Å²) in [6.45, 7) is 0.0594. The monoisotopic (exact) mass is 256 g/mol. The highest BCUT2D eigenvalue weighted by molar-refractivity contribution is 5.80. The van der Waals surface area contributed by atoms with Crippen LogP contribution < -0.4 is 11.1 Å². The molecule has 0 unspecified atom stereocenters. The van der Waals surface area contributed by atoms with Gasteiger partial charge in [0.2, 0.25) is 5.95 Å². The molecule has 18 heavy (non-hydrogen) atoms. The number of alkyl halides is 2. The van der Waals surface area contributed by atoms with Crippen LogP contribution in [0.3, 0.4) is 0 Å². The molecule has 0 fully saturated rings. The number of H-pyrrole nitrogens is 1. The highest BCUT2D eigenvalue weighted by atomic mass is 19.3. The molecule has 0 radical (unpaired) electrons. The van der Waals surface area contributed by atoms with Crippen molar-refractivity contribution < 1.29 is 13.5 Å². The normalized spacial score (nSPS) is 11.3. The Morgan fingerprint density at radius 3 is 3.06 bits per heavy atom. The van der Waals surface area contributed by atoms with Gasteiger partial charge in [0.1, 0.15) is 6.61 Å². The number of nitrogens with two attached hydrogens (primary N) is 1. The van der Waals surface area contributed by atoms with Gasteiger partial charge in [0.05, 0.1) is 17.6 Å². The van der Waals surface area contributed by atoms with Gasteiger partial charge in [-0.05, 0) is 18.2 Å². The number of aromatic amines is 1. The van der Waals surface area contributed by atoms with Crippen molar-refractivity contribution >= 4 is 22.7 Å². The zero-order valence-electron chi connectivity index (χ0n) is 9.62. The Labute approximate surface area is 102 Å². The number of rotatable bonds is 6. The van der Waals surface area contributed by atoms with E-state index in [1.807, 2.05) is 0 Å². The van der Waals surface area contributed by atoms with Gasteiger partial charge in [-0.3, -0.25) is 0 Å². The first-order valence-electron chi connectivity index (χ1n) is 5.50. The number of anilines is 2. The van der Waals surface area contributed by atoms with Crippen molar-refractivity contribution in [1.82, 2.24) is 9.97 Å². The molecule has 2 aromatic rings. The van der Waals surface area contributed by atoms with Gasteiger partial charge in [0.15, 0.2) is 0 Å². The molecule has 0 amide bonds. The molecule has 98 valence electrons. The number of aromatic nitrogens is 2. The number of nitrogens with zero attached hydrogens (tertiary/aromatic N) is 1. The van der Waals surface area contributed by atoms with E-state index in [-0.39, 0.29) is 6.61 Å². The number of benzene rings is 1. The zero-order chi connectivity index (χ0) is 13.0. The minimum absolute atomic E-state index is 0.198. The molecule has 1 aromatic heterocycles. The van der Waals surface area contributed by atoms with Gasteiger partial charge in [0.25, 0.3) is 6.43 Å². The Hall–Kier alpha value is -1.89. The number of nitrogens with one attached hydrogen (secondary N) is 2. The zero-order valence-corrected chi connectivity index (χ0v) is 9.62. The lowest BCUT2D eigenvalue weighted by atomic mass is 10.3. The van der Waals surface area contributed by atoms with E-state index >= 15 is 0 Å². The summed E-state index contributed by atoms with van der Waals surface area (Å²) in [5.41, 5.74) is 7.91. The third-order valence-corrected chi connectivity index (χ3v) is 2.29. The minimum Gasteiger partial charge on any atom is -0.399 e. The maximum absolute atomic E-state index is 11.8. The molecule has 0 atom stereocenters. The first-order chi connectivity index (χ1) is 8.65. The van der Waals surface area contributed by atoms with Gasteiger partial charge in [0, 0.05) is 12.2 Å². The highest BCUT2D eigenvalue weighted by Gasteiger charge is 2.03. The molecule has 0 spiro atoms. The van der Waals surface area contributed by atoms with E-state index in [1.54, 1.807) is 18.2 Å². The molecular formula is C11H14F2N4O. The van der Waals surface area contributed by atoms with E-state index < -0.39 is 13.0 Å². The number of nitrogen functional groups attached to an aromatic ring is 1. The third-order valence-electron chi connectivity index (χ3n) is 2.29. The van der Waals surface area contributed by atoms with Gasteiger partial charge in [-0.1, -0.05) is 0 Å². The number of hydrogen-bond donors (Lipinski definition) is 3. The van der Waals surface area contributed by atoms with Crippen molar-refractivity contribution in [3.05, 3.63) is 18.2 Å². The summed E-state index contributed by atoms with van der Waals surface area (Å²) in [4.78, 5) is 7.29. The van der Waals surface area contributed by atoms with E-state index in [2.05, 4.69) is 15.3 Å². The topological polar surface area (TPSA) is 76.0 Å². The van der Waals surface area contributed by atoms with Gasteiger partial charge in [-0.25, -0.2) is 13.8 Å². The lowest BCUT2D eigenvalue weighted by Crippen LogP contribution is -2.13. The van der Waals surface area contributed by atoms with E-state index in [0.717, 1.165) is 11.0 Å². The SMILES string of the molecule is Nc1ccc2nc(NCCOCC(F)F)[nH]c2c1. The van der Waals surface area contributed by atoms with Crippen LogP contribution in [-0.4, -0.2) is 36.2 Å². The van der Waals surface area contributed by atoms with Crippen LogP contribution in [0.4, 0.5) is 20.4 Å². The number of fused-ring (bicyclic) bond motifs is 1. The van der Waals surface area contributed by atoms with Crippen LogP contribution in [0.15, 0.2) is 18.2 Å². The maximum Gasteiger partial charge on any atom is 0.261 e. The van der Waals surface area contributed by atoms with Crippen molar-refractivity contribution in [2.45, 2.75) is 6.43 Å². The molecule has 0 saturated carbocycles. The summed E-state index contributed by atoms with van der Waals surface area (Å²) in [5, 5.41) is 2.95. The predicted octanol–water partition coefficient (Wildman–Crippen LogP) is 1.84. The van der Waals surface area contributed by atoms with Gasteiger partial charge in [-0.15, -0.1) is 0 Å². The number of hydrogen-bond acceptors (Lipinski definition) is 4. The summed E-state index contributed by atoms with van der Waals surface area (Å²) >= 11 is 0. The second-order valence-electron chi connectivity index (χ2n) is 3.75. The molecule has 5 nitrogen and oxygen atoms in total. The summed E-state index contributed by atoms with van der Waals surface area (Å²) in [6, 6.07) is 5.35. The van der Waals surface area contributed by atoms with Crippen molar-refractivity contribution in [3.63, 3.8) is 0 Å². The number of imidazole rings is 1. The second kappa shape index (κ2) is 5.63. The summed E-state index contributed by atoms with van der Waals surface area (Å²) < 4.78 is 28.3. The van der Waals surface area contributed by atoms with Crippen LogP contribution in [-0.2, 0) is 4.74 Å².